The lowest BCUT2D eigenvalue weighted by Gasteiger charge is -2.08. The van der Waals surface area contributed by atoms with Crippen molar-refractivity contribution >= 4 is 11.9 Å². The molecule has 0 amide bonds. The number of aliphatic carboxylic acids is 2. The molecule has 0 aromatic heterocycles. The molecule has 0 spiro atoms. The Morgan fingerprint density at radius 2 is 0.786 bits per heavy atom. The van der Waals surface area contributed by atoms with Gasteiger partial charge in [0.25, 0.3) is 0 Å². The predicted octanol–water partition coefficient (Wildman–Crippen LogP) is 2.23. The highest BCUT2D eigenvalue weighted by Crippen LogP contribution is 2.11. The predicted molar refractivity (Wildman–Crippen MR) is 54.2 cm³/mol. The molecule has 0 atom stereocenters. The zero-order chi connectivity index (χ0) is 12.2. The maximum Gasteiger partial charge on any atom is 0.308 e. The van der Waals surface area contributed by atoms with E-state index in [2.05, 4.69) is 0 Å². The first-order valence-electron chi connectivity index (χ1n) is 4.36. The van der Waals surface area contributed by atoms with Crippen LogP contribution in [0.3, 0.4) is 0 Å². The van der Waals surface area contributed by atoms with E-state index in [0.29, 0.717) is 0 Å². The molecule has 0 aliphatic carbocycles. The zero-order valence-electron chi connectivity index (χ0n) is 9.71. The largest absolute Gasteiger partial charge is 0.481 e. The Kier molecular flexibility index (Phi) is 5.48. The van der Waals surface area contributed by atoms with Gasteiger partial charge in [-0.3, -0.25) is 9.59 Å². The topological polar surface area (TPSA) is 74.6 Å². The lowest BCUT2D eigenvalue weighted by Crippen LogP contribution is -2.18. The van der Waals surface area contributed by atoms with Crippen molar-refractivity contribution in [2.45, 2.75) is 41.5 Å². The van der Waals surface area contributed by atoms with Crippen LogP contribution in [0.5, 0.6) is 0 Å². The summed E-state index contributed by atoms with van der Waals surface area (Å²) in [5, 5.41) is 16.5. The molecule has 2 N–H and O–H groups in total. The third-order valence-electron chi connectivity index (χ3n) is 1.28. The molecule has 0 aromatic rings. The van der Waals surface area contributed by atoms with Gasteiger partial charge in [0, 0.05) is 0 Å². The molecule has 0 aliphatic rings. The average Bonchev–Trinajstić information content (AvgIpc) is 1.83. The number of carboxylic acid groups (broad SMARTS) is 2. The molecule has 0 saturated carbocycles. The van der Waals surface area contributed by atoms with Crippen LogP contribution in [0.25, 0.3) is 0 Å². The molecule has 0 bridgehead atoms. The second-order valence-corrected chi connectivity index (χ2v) is 5.11. The van der Waals surface area contributed by atoms with E-state index in [0.717, 1.165) is 0 Å². The van der Waals surface area contributed by atoms with E-state index in [1.807, 2.05) is 0 Å². The third kappa shape index (κ3) is 9.03. The van der Waals surface area contributed by atoms with Crippen molar-refractivity contribution in [3.8, 4) is 0 Å². The summed E-state index contributed by atoms with van der Waals surface area (Å²) in [6.45, 7) is 9.97. The van der Waals surface area contributed by atoms with Crippen molar-refractivity contribution < 1.29 is 19.8 Å². The number of rotatable bonds is 0. The minimum absolute atomic E-state index is 0.583. The minimum atomic E-state index is -0.757. The lowest BCUT2D eigenvalue weighted by atomic mass is 9.98. The van der Waals surface area contributed by atoms with Gasteiger partial charge in [0.1, 0.15) is 0 Å². The first-order chi connectivity index (χ1) is 5.89. The third-order valence-corrected chi connectivity index (χ3v) is 1.28. The zero-order valence-corrected chi connectivity index (χ0v) is 9.71. The van der Waals surface area contributed by atoms with Gasteiger partial charge in [-0.1, -0.05) is 0 Å². The van der Waals surface area contributed by atoms with Gasteiger partial charge in [0.05, 0.1) is 10.8 Å². The molecule has 0 fully saturated rings. The fraction of sp³-hybridized carbons (Fsp3) is 0.800. The fourth-order valence-electron chi connectivity index (χ4n) is 0. The maximum absolute atomic E-state index is 10.0. The highest BCUT2D eigenvalue weighted by Gasteiger charge is 2.19. The van der Waals surface area contributed by atoms with Gasteiger partial charge in [-0.2, -0.15) is 0 Å². The summed E-state index contributed by atoms with van der Waals surface area (Å²) in [6, 6.07) is 0. The summed E-state index contributed by atoms with van der Waals surface area (Å²) in [6.07, 6.45) is 0. The van der Waals surface area contributed by atoms with E-state index in [1.165, 1.54) is 0 Å². The SMILES string of the molecule is CC(C)(C)C(=O)O.CC(C)(C)C(=O)O. The fourth-order valence-corrected chi connectivity index (χ4v) is 0. The number of hydrogen-bond donors (Lipinski definition) is 2. The van der Waals surface area contributed by atoms with Crippen LogP contribution in [0.1, 0.15) is 41.5 Å². The summed E-state index contributed by atoms with van der Waals surface area (Å²) in [7, 11) is 0. The molecule has 0 aromatic carbocycles. The monoisotopic (exact) mass is 204 g/mol. The van der Waals surface area contributed by atoms with E-state index in [4.69, 9.17) is 10.2 Å². The van der Waals surface area contributed by atoms with Crippen molar-refractivity contribution in [2.75, 3.05) is 0 Å². The lowest BCUT2D eigenvalue weighted by molar-refractivity contribution is -0.146. The van der Waals surface area contributed by atoms with E-state index >= 15 is 0 Å². The number of carboxylic acids is 2. The molecule has 14 heavy (non-hydrogen) atoms. The summed E-state index contributed by atoms with van der Waals surface area (Å²) < 4.78 is 0. The Bertz CT molecular complexity index is 181. The Hall–Kier alpha value is -1.06. The van der Waals surface area contributed by atoms with Crippen molar-refractivity contribution in [1.82, 2.24) is 0 Å². The van der Waals surface area contributed by atoms with Crippen molar-refractivity contribution in [3.63, 3.8) is 0 Å². The molecule has 0 saturated heterocycles. The summed E-state index contributed by atoms with van der Waals surface area (Å²) >= 11 is 0. The standard InChI is InChI=1S/2C5H10O2/c2*1-5(2,3)4(6)7/h2*1-3H3,(H,6,7). The average molecular weight is 204 g/mol. The second kappa shape index (κ2) is 4.98. The highest BCUT2D eigenvalue weighted by molar-refractivity contribution is 5.73. The Labute approximate surface area is 84.9 Å². The molecule has 0 aliphatic heterocycles. The minimum Gasteiger partial charge on any atom is -0.481 e. The number of hydrogen-bond acceptors (Lipinski definition) is 2. The van der Waals surface area contributed by atoms with E-state index in [-0.39, 0.29) is 0 Å². The van der Waals surface area contributed by atoms with E-state index in [1.54, 1.807) is 41.5 Å². The maximum atomic E-state index is 10.0. The van der Waals surface area contributed by atoms with Gasteiger partial charge in [0.15, 0.2) is 0 Å². The van der Waals surface area contributed by atoms with E-state index < -0.39 is 22.8 Å². The highest BCUT2D eigenvalue weighted by atomic mass is 16.4. The van der Waals surface area contributed by atoms with E-state index in [9.17, 15) is 9.59 Å². The van der Waals surface area contributed by atoms with Crippen LogP contribution in [0.2, 0.25) is 0 Å². The molecule has 0 radical (unpaired) electrons. The van der Waals surface area contributed by atoms with Crippen LogP contribution in [-0.4, -0.2) is 22.2 Å². The smallest absolute Gasteiger partial charge is 0.308 e. The second-order valence-electron chi connectivity index (χ2n) is 5.11. The first kappa shape index (κ1) is 15.4. The molecule has 84 valence electrons. The molecule has 4 nitrogen and oxygen atoms in total. The summed E-state index contributed by atoms with van der Waals surface area (Å²) in [4.78, 5) is 20.0. The van der Waals surface area contributed by atoms with Gasteiger partial charge in [-0.25, -0.2) is 0 Å². The molecule has 4 heteroatoms. The van der Waals surface area contributed by atoms with Crippen LogP contribution < -0.4 is 0 Å². The molecular formula is C10H20O4. The van der Waals surface area contributed by atoms with Crippen LogP contribution in [0.15, 0.2) is 0 Å². The Balaban J connectivity index is 0. The van der Waals surface area contributed by atoms with Gasteiger partial charge in [0.2, 0.25) is 0 Å². The van der Waals surface area contributed by atoms with Crippen molar-refractivity contribution in [1.29, 1.82) is 0 Å². The van der Waals surface area contributed by atoms with Crippen LogP contribution >= 0.6 is 0 Å². The number of carbonyl (C=O) groups is 2. The first-order valence-corrected chi connectivity index (χ1v) is 4.36. The normalized spacial score (nSPS) is 11.3. The van der Waals surface area contributed by atoms with Gasteiger partial charge in [-0.05, 0) is 41.5 Å². The Morgan fingerprint density at radius 1 is 0.714 bits per heavy atom. The molecule has 0 unspecified atom stereocenters. The quantitative estimate of drug-likeness (QED) is 0.634. The van der Waals surface area contributed by atoms with Crippen LogP contribution in [0, 0.1) is 10.8 Å². The van der Waals surface area contributed by atoms with Crippen molar-refractivity contribution in [3.05, 3.63) is 0 Å². The molecule has 0 rings (SSSR count). The van der Waals surface area contributed by atoms with Gasteiger partial charge in [-0.15, -0.1) is 0 Å². The van der Waals surface area contributed by atoms with Crippen LogP contribution in [-0.2, 0) is 9.59 Å². The Morgan fingerprint density at radius 3 is 0.786 bits per heavy atom. The summed E-state index contributed by atoms with van der Waals surface area (Å²) in [5.74, 6) is -1.51. The van der Waals surface area contributed by atoms with Gasteiger partial charge < -0.3 is 10.2 Å². The summed E-state index contributed by atoms with van der Waals surface area (Å²) in [5.41, 5.74) is -1.17. The van der Waals surface area contributed by atoms with Crippen molar-refractivity contribution in [2.24, 2.45) is 10.8 Å². The molecule has 0 heterocycles. The van der Waals surface area contributed by atoms with Gasteiger partial charge >= 0.3 is 11.9 Å². The van der Waals surface area contributed by atoms with Crippen LogP contribution in [0.4, 0.5) is 0 Å². The molecular weight excluding hydrogens is 184 g/mol.